The summed E-state index contributed by atoms with van der Waals surface area (Å²) in [5.41, 5.74) is -1.44. The van der Waals surface area contributed by atoms with Crippen LogP contribution in [-0.4, -0.2) is 49.3 Å². The van der Waals surface area contributed by atoms with Crippen LogP contribution in [-0.2, 0) is 14.3 Å². The quantitative estimate of drug-likeness (QED) is 0.697. The van der Waals surface area contributed by atoms with Gasteiger partial charge >= 0.3 is 5.97 Å². The third kappa shape index (κ3) is 3.06. The maximum absolute atomic E-state index is 12.8. The zero-order chi connectivity index (χ0) is 15.5. The smallest absolute Gasteiger partial charge is 0.313 e. The summed E-state index contributed by atoms with van der Waals surface area (Å²) in [5, 5.41) is 15.7. The van der Waals surface area contributed by atoms with Crippen molar-refractivity contribution in [1.29, 1.82) is 0 Å². The van der Waals surface area contributed by atoms with Gasteiger partial charge < -0.3 is 20.5 Å². The SMILES string of the molecule is CCCC1(C(=O)NC2COCC2(C)C(=O)O)CCCNC1. The zero-order valence-corrected chi connectivity index (χ0v) is 12.9. The highest BCUT2D eigenvalue weighted by Gasteiger charge is 2.49. The van der Waals surface area contributed by atoms with Gasteiger partial charge in [-0.3, -0.25) is 9.59 Å². The van der Waals surface area contributed by atoms with Crippen LogP contribution in [0.4, 0.5) is 0 Å². The van der Waals surface area contributed by atoms with E-state index in [9.17, 15) is 14.7 Å². The monoisotopic (exact) mass is 298 g/mol. The summed E-state index contributed by atoms with van der Waals surface area (Å²) in [6, 6.07) is -0.460. The minimum atomic E-state index is -1.04. The zero-order valence-electron chi connectivity index (χ0n) is 12.9. The first-order chi connectivity index (χ1) is 9.94. The molecule has 2 rings (SSSR count). The van der Waals surface area contributed by atoms with E-state index in [2.05, 4.69) is 17.6 Å². The van der Waals surface area contributed by atoms with E-state index >= 15 is 0 Å². The third-order valence-corrected chi connectivity index (χ3v) is 4.93. The van der Waals surface area contributed by atoms with Gasteiger partial charge in [-0.05, 0) is 32.7 Å². The molecule has 21 heavy (non-hydrogen) atoms. The van der Waals surface area contributed by atoms with Gasteiger partial charge in [-0.1, -0.05) is 13.3 Å². The lowest BCUT2D eigenvalue weighted by Crippen LogP contribution is -2.57. The molecule has 0 aliphatic carbocycles. The van der Waals surface area contributed by atoms with Crippen molar-refractivity contribution in [3.8, 4) is 0 Å². The largest absolute Gasteiger partial charge is 0.481 e. The van der Waals surface area contributed by atoms with Crippen molar-refractivity contribution in [2.45, 2.75) is 45.6 Å². The molecule has 3 N–H and O–H groups in total. The molecule has 0 spiro atoms. The maximum Gasteiger partial charge on any atom is 0.313 e. The van der Waals surface area contributed by atoms with E-state index < -0.39 is 22.8 Å². The summed E-state index contributed by atoms with van der Waals surface area (Å²) in [6.07, 6.45) is 3.59. The van der Waals surface area contributed by atoms with Gasteiger partial charge in [0.1, 0.15) is 5.41 Å². The molecular weight excluding hydrogens is 272 g/mol. The summed E-state index contributed by atoms with van der Waals surface area (Å²) in [5.74, 6) is -0.948. The number of carbonyl (C=O) groups is 2. The molecule has 2 aliphatic heterocycles. The summed E-state index contributed by atoms with van der Waals surface area (Å²) in [4.78, 5) is 24.2. The number of carboxylic acid groups (broad SMARTS) is 1. The Morgan fingerprint density at radius 3 is 2.81 bits per heavy atom. The minimum absolute atomic E-state index is 0.0282. The molecule has 2 fully saturated rings. The number of rotatable bonds is 5. The van der Waals surface area contributed by atoms with Crippen molar-refractivity contribution in [3.05, 3.63) is 0 Å². The standard InChI is InChI=1S/C15H26N2O4/c1-3-5-15(6-4-7-16-9-15)12(18)17-11-8-21-10-14(11,2)13(19)20/h11,16H,3-10H2,1-2H3,(H,17,18)(H,19,20). The summed E-state index contributed by atoms with van der Waals surface area (Å²) in [6.45, 7) is 5.74. The Morgan fingerprint density at radius 1 is 1.48 bits per heavy atom. The van der Waals surface area contributed by atoms with Crippen molar-refractivity contribution in [2.75, 3.05) is 26.3 Å². The Balaban J connectivity index is 2.10. The van der Waals surface area contributed by atoms with Crippen molar-refractivity contribution in [1.82, 2.24) is 10.6 Å². The number of carbonyl (C=O) groups excluding carboxylic acids is 1. The van der Waals surface area contributed by atoms with Gasteiger partial charge in [-0.25, -0.2) is 0 Å². The number of nitrogens with one attached hydrogen (secondary N) is 2. The van der Waals surface area contributed by atoms with Gasteiger partial charge in [-0.15, -0.1) is 0 Å². The maximum atomic E-state index is 12.8. The van der Waals surface area contributed by atoms with Crippen LogP contribution in [0, 0.1) is 10.8 Å². The summed E-state index contributed by atoms with van der Waals surface area (Å²) in [7, 11) is 0. The first kappa shape index (κ1) is 16.2. The predicted molar refractivity (Wildman–Crippen MR) is 77.9 cm³/mol. The summed E-state index contributed by atoms with van der Waals surface area (Å²) < 4.78 is 5.30. The molecule has 3 unspecified atom stereocenters. The predicted octanol–water partition coefficient (Wildman–Crippen LogP) is 0.762. The lowest BCUT2D eigenvalue weighted by Gasteiger charge is -2.38. The Bertz CT molecular complexity index is 401. The molecule has 2 saturated heterocycles. The van der Waals surface area contributed by atoms with E-state index in [1.165, 1.54) is 0 Å². The van der Waals surface area contributed by atoms with Crippen LogP contribution in [0.2, 0.25) is 0 Å². The lowest BCUT2D eigenvalue weighted by molar-refractivity contribution is -0.149. The van der Waals surface area contributed by atoms with Crippen LogP contribution in [0.15, 0.2) is 0 Å². The number of piperidine rings is 1. The van der Waals surface area contributed by atoms with Crippen LogP contribution >= 0.6 is 0 Å². The minimum Gasteiger partial charge on any atom is -0.481 e. The number of hydrogen-bond donors (Lipinski definition) is 3. The van der Waals surface area contributed by atoms with Crippen molar-refractivity contribution >= 4 is 11.9 Å². The van der Waals surface area contributed by atoms with Crippen molar-refractivity contribution < 1.29 is 19.4 Å². The van der Waals surface area contributed by atoms with Gasteiger partial charge in [0.2, 0.25) is 5.91 Å². The molecule has 120 valence electrons. The van der Waals surface area contributed by atoms with Gasteiger partial charge in [-0.2, -0.15) is 0 Å². The Hall–Kier alpha value is -1.14. The topological polar surface area (TPSA) is 87.7 Å². The Labute approximate surface area is 125 Å². The molecule has 2 aliphatic rings. The summed E-state index contributed by atoms with van der Waals surface area (Å²) >= 11 is 0. The number of hydrogen-bond acceptors (Lipinski definition) is 4. The molecule has 0 bridgehead atoms. The third-order valence-electron chi connectivity index (χ3n) is 4.93. The van der Waals surface area contributed by atoms with Gasteiger partial charge in [0, 0.05) is 6.54 Å². The number of carboxylic acids is 1. The molecule has 3 atom stereocenters. The highest BCUT2D eigenvalue weighted by molar-refractivity contribution is 5.85. The fourth-order valence-corrected chi connectivity index (χ4v) is 3.36. The average Bonchev–Trinajstić information content (AvgIpc) is 2.83. The van der Waals surface area contributed by atoms with Crippen LogP contribution in [0.25, 0.3) is 0 Å². The molecule has 1 amide bonds. The van der Waals surface area contributed by atoms with Crippen LogP contribution in [0.5, 0.6) is 0 Å². The Morgan fingerprint density at radius 2 is 2.24 bits per heavy atom. The second kappa shape index (κ2) is 6.32. The molecule has 0 aromatic rings. The van der Waals surface area contributed by atoms with E-state index in [-0.39, 0.29) is 19.1 Å². The highest BCUT2D eigenvalue weighted by atomic mass is 16.5. The van der Waals surface area contributed by atoms with E-state index in [4.69, 9.17) is 4.74 Å². The Kier molecular flexibility index (Phi) is 4.88. The van der Waals surface area contributed by atoms with Crippen LogP contribution < -0.4 is 10.6 Å². The van der Waals surface area contributed by atoms with E-state index in [1.54, 1.807) is 6.92 Å². The highest BCUT2D eigenvalue weighted by Crippen LogP contribution is 2.34. The van der Waals surface area contributed by atoms with E-state index in [1.807, 2.05) is 0 Å². The number of amides is 1. The van der Waals surface area contributed by atoms with E-state index in [0.29, 0.717) is 6.54 Å². The molecule has 6 nitrogen and oxygen atoms in total. The van der Waals surface area contributed by atoms with Crippen molar-refractivity contribution in [3.63, 3.8) is 0 Å². The molecule has 0 radical (unpaired) electrons. The normalized spacial score (nSPS) is 36.4. The second-order valence-electron chi connectivity index (χ2n) is 6.57. The number of aliphatic carboxylic acids is 1. The first-order valence-corrected chi connectivity index (χ1v) is 7.77. The number of ether oxygens (including phenoxy) is 1. The molecule has 0 saturated carbocycles. The second-order valence-corrected chi connectivity index (χ2v) is 6.57. The van der Waals surface area contributed by atoms with Crippen LogP contribution in [0.3, 0.4) is 0 Å². The molecule has 2 heterocycles. The molecule has 6 heteroatoms. The van der Waals surface area contributed by atoms with Crippen molar-refractivity contribution in [2.24, 2.45) is 10.8 Å². The molecule has 0 aromatic heterocycles. The van der Waals surface area contributed by atoms with Gasteiger partial charge in [0.25, 0.3) is 0 Å². The molecule has 0 aromatic carbocycles. The molecular formula is C15H26N2O4. The first-order valence-electron chi connectivity index (χ1n) is 7.77. The van der Waals surface area contributed by atoms with E-state index in [0.717, 1.165) is 32.2 Å². The fraction of sp³-hybridized carbons (Fsp3) is 0.867. The fourth-order valence-electron chi connectivity index (χ4n) is 3.36. The van der Waals surface area contributed by atoms with Gasteiger partial charge in [0.05, 0.1) is 24.7 Å². The lowest BCUT2D eigenvalue weighted by atomic mass is 9.75. The van der Waals surface area contributed by atoms with Crippen LogP contribution in [0.1, 0.15) is 39.5 Å². The van der Waals surface area contributed by atoms with Gasteiger partial charge in [0.15, 0.2) is 0 Å². The average molecular weight is 298 g/mol.